The van der Waals surface area contributed by atoms with E-state index in [9.17, 15) is 8.42 Å². The van der Waals surface area contributed by atoms with E-state index in [-0.39, 0.29) is 4.90 Å². The van der Waals surface area contributed by atoms with Gasteiger partial charge in [0.15, 0.2) is 0 Å². The molecule has 0 aliphatic rings. The zero-order chi connectivity index (χ0) is 15.6. The summed E-state index contributed by atoms with van der Waals surface area (Å²) in [5, 5.41) is 9.68. The van der Waals surface area contributed by atoms with Crippen molar-refractivity contribution in [2.24, 2.45) is 0 Å². The monoisotopic (exact) mass is 321 g/mol. The number of sulfonamides is 1. The van der Waals surface area contributed by atoms with Crippen LogP contribution in [0.1, 0.15) is 21.1 Å². The van der Waals surface area contributed by atoms with Gasteiger partial charge in [-0.15, -0.1) is 11.3 Å². The van der Waals surface area contributed by atoms with Gasteiger partial charge in [0.25, 0.3) is 0 Å². The number of aryl methyl sites for hydroxylation is 2. The average molecular weight is 321 g/mol. The van der Waals surface area contributed by atoms with E-state index in [1.165, 1.54) is 39.9 Å². The van der Waals surface area contributed by atoms with Crippen LogP contribution in [0.15, 0.2) is 29.2 Å². The average Bonchev–Trinajstić information content (AvgIpc) is 2.76. The van der Waals surface area contributed by atoms with Crippen molar-refractivity contribution in [3.8, 4) is 6.07 Å². The summed E-state index contributed by atoms with van der Waals surface area (Å²) < 4.78 is 26.3. The first-order chi connectivity index (χ1) is 9.84. The molecule has 1 aromatic carbocycles. The van der Waals surface area contributed by atoms with Gasteiger partial charge in [-0.05, 0) is 38.1 Å². The van der Waals surface area contributed by atoms with Gasteiger partial charge in [-0.2, -0.15) is 9.57 Å². The maximum absolute atomic E-state index is 12.5. The fraction of sp³-hybridized carbons (Fsp3) is 0.286. The van der Waals surface area contributed by atoms with Crippen LogP contribution < -0.4 is 0 Å². The molecule has 0 unspecified atom stereocenters. The maximum atomic E-state index is 12.5. The molecule has 0 radical (unpaired) electrons. The number of benzene rings is 1. The van der Waals surface area contributed by atoms with Crippen LogP contribution in [0, 0.1) is 25.2 Å². The number of hydrogen-bond acceptors (Lipinski definition) is 5. The summed E-state index contributed by atoms with van der Waals surface area (Å²) in [6.07, 6.45) is 0. The molecule has 0 spiro atoms. The first kappa shape index (κ1) is 15.6. The third-order valence-corrected chi connectivity index (χ3v) is 5.93. The minimum absolute atomic E-state index is 0.183. The van der Waals surface area contributed by atoms with Crippen LogP contribution in [-0.4, -0.2) is 24.8 Å². The van der Waals surface area contributed by atoms with Gasteiger partial charge >= 0.3 is 0 Å². The minimum atomic E-state index is -3.57. The highest BCUT2D eigenvalue weighted by Crippen LogP contribution is 2.22. The highest BCUT2D eigenvalue weighted by Gasteiger charge is 2.22. The molecule has 0 bridgehead atoms. The number of rotatable bonds is 4. The van der Waals surface area contributed by atoms with Gasteiger partial charge in [0.1, 0.15) is 0 Å². The number of nitrogens with zero attached hydrogens (tertiary/aromatic N) is 3. The van der Waals surface area contributed by atoms with Gasteiger partial charge in [-0.3, -0.25) is 0 Å². The molecule has 21 heavy (non-hydrogen) atoms. The van der Waals surface area contributed by atoms with Crippen LogP contribution in [0.25, 0.3) is 0 Å². The molecule has 0 amide bonds. The van der Waals surface area contributed by atoms with E-state index in [0.29, 0.717) is 12.1 Å². The lowest BCUT2D eigenvalue weighted by Crippen LogP contribution is -2.26. The molecule has 0 aliphatic carbocycles. The zero-order valence-electron chi connectivity index (χ0n) is 12.0. The second kappa shape index (κ2) is 5.93. The van der Waals surface area contributed by atoms with E-state index < -0.39 is 10.0 Å². The third kappa shape index (κ3) is 3.29. The number of thiazole rings is 1. The Hall–Kier alpha value is -1.75. The lowest BCUT2D eigenvalue weighted by atomic mass is 10.2. The predicted molar refractivity (Wildman–Crippen MR) is 81.4 cm³/mol. The van der Waals surface area contributed by atoms with Crippen LogP contribution in [0.5, 0.6) is 0 Å². The van der Waals surface area contributed by atoms with Crippen LogP contribution in [0.2, 0.25) is 0 Å². The standard InChI is InChI=1S/C14H15N3O2S2/c1-10-14(20-11(2)16-10)9-17(3)21(18,19)13-6-4-12(8-15)5-7-13/h4-7H,9H2,1-3H3. The fourth-order valence-electron chi connectivity index (χ4n) is 1.89. The number of nitriles is 1. The lowest BCUT2D eigenvalue weighted by molar-refractivity contribution is 0.468. The summed E-state index contributed by atoms with van der Waals surface area (Å²) in [5.74, 6) is 0. The molecule has 1 aromatic heterocycles. The van der Waals surface area contributed by atoms with Crippen molar-refractivity contribution in [1.82, 2.24) is 9.29 Å². The van der Waals surface area contributed by atoms with E-state index in [1.807, 2.05) is 19.9 Å². The summed E-state index contributed by atoms with van der Waals surface area (Å²) >= 11 is 1.50. The van der Waals surface area contributed by atoms with Crippen molar-refractivity contribution >= 4 is 21.4 Å². The molecule has 0 aliphatic heterocycles. The normalized spacial score (nSPS) is 11.6. The Labute approximate surface area is 128 Å². The number of aromatic nitrogens is 1. The maximum Gasteiger partial charge on any atom is 0.243 e. The SMILES string of the molecule is Cc1nc(C)c(CN(C)S(=O)(=O)c2ccc(C#N)cc2)s1. The Balaban J connectivity index is 2.26. The minimum Gasteiger partial charge on any atom is -0.247 e. The predicted octanol–water partition coefficient (Wildman–Crippen LogP) is 2.45. The first-order valence-corrected chi connectivity index (χ1v) is 8.49. The van der Waals surface area contributed by atoms with Crippen LogP contribution in [0.3, 0.4) is 0 Å². The van der Waals surface area contributed by atoms with Crippen molar-refractivity contribution in [3.05, 3.63) is 45.4 Å². The van der Waals surface area contributed by atoms with Gasteiger partial charge in [0.05, 0.1) is 27.2 Å². The van der Waals surface area contributed by atoms with Gasteiger partial charge < -0.3 is 0 Å². The second-order valence-electron chi connectivity index (χ2n) is 4.64. The molecule has 2 rings (SSSR count). The van der Waals surface area contributed by atoms with E-state index in [1.54, 1.807) is 7.05 Å². The van der Waals surface area contributed by atoms with Crippen LogP contribution >= 0.6 is 11.3 Å². The van der Waals surface area contributed by atoms with Gasteiger partial charge in [0, 0.05) is 18.5 Å². The fourth-order valence-corrected chi connectivity index (χ4v) is 4.10. The van der Waals surface area contributed by atoms with Crippen LogP contribution in [-0.2, 0) is 16.6 Å². The largest absolute Gasteiger partial charge is 0.247 e. The summed E-state index contributed by atoms with van der Waals surface area (Å²) in [5.41, 5.74) is 1.30. The molecule has 0 saturated heterocycles. The summed E-state index contributed by atoms with van der Waals surface area (Å²) in [6.45, 7) is 4.07. The molecular formula is C14H15N3O2S2. The van der Waals surface area contributed by atoms with Gasteiger partial charge in [0.2, 0.25) is 10.0 Å². The molecule has 0 saturated carbocycles. The van der Waals surface area contributed by atoms with Gasteiger partial charge in [-0.25, -0.2) is 13.4 Å². The van der Waals surface area contributed by atoms with Crippen molar-refractivity contribution in [1.29, 1.82) is 5.26 Å². The molecule has 0 atom stereocenters. The highest BCUT2D eigenvalue weighted by atomic mass is 32.2. The Morgan fingerprint density at radius 1 is 1.29 bits per heavy atom. The van der Waals surface area contributed by atoms with Crippen molar-refractivity contribution in [3.63, 3.8) is 0 Å². The van der Waals surface area contributed by atoms with Crippen molar-refractivity contribution in [2.75, 3.05) is 7.05 Å². The molecule has 0 N–H and O–H groups in total. The molecule has 5 nitrogen and oxygen atoms in total. The van der Waals surface area contributed by atoms with E-state index in [2.05, 4.69) is 4.98 Å². The molecule has 0 fully saturated rings. The third-order valence-electron chi connectivity index (χ3n) is 3.06. The lowest BCUT2D eigenvalue weighted by Gasteiger charge is -2.16. The Morgan fingerprint density at radius 2 is 1.90 bits per heavy atom. The zero-order valence-corrected chi connectivity index (χ0v) is 13.6. The Morgan fingerprint density at radius 3 is 2.38 bits per heavy atom. The topological polar surface area (TPSA) is 74.1 Å². The highest BCUT2D eigenvalue weighted by molar-refractivity contribution is 7.89. The van der Waals surface area contributed by atoms with E-state index in [4.69, 9.17) is 5.26 Å². The molecule has 110 valence electrons. The van der Waals surface area contributed by atoms with Crippen LogP contribution in [0.4, 0.5) is 0 Å². The molecule has 1 heterocycles. The summed E-state index contributed by atoms with van der Waals surface area (Å²) in [7, 11) is -2.02. The Bertz CT molecular complexity index is 787. The van der Waals surface area contributed by atoms with Crippen molar-refractivity contribution in [2.45, 2.75) is 25.3 Å². The second-order valence-corrected chi connectivity index (χ2v) is 7.97. The van der Waals surface area contributed by atoms with E-state index in [0.717, 1.165) is 15.6 Å². The van der Waals surface area contributed by atoms with E-state index >= 15 is 0 Å². The quantitative estimate of drug-likeness (QED) is 0.867. The summed E-state index contributed by atoms with van der Waals surface area (Å²) in [4.78, 5) is 5.42. The molecule has 7 heteroatoms. The smallest absolute Gasteiger partial charge is 0.243 e. The molecule has 2 aromatic rings. The van der Waals surface area contributed by atoms with Gasteiger partial charge in [-0.1, -0.05) is 0 Å². The summed E-state index contributed by atoms with van der Waals surface area (Å²) in [6, 6.07) is 7.88. The first-order valence-electron chi connectivity index (χ1n) is 6.24. The number of hydrogen-bond donors (Lipinski definition) is 0. The Kier molecular flexibility index (Phi) is 4.42. The van der Waals surface area contributed by atoms with Crippen molar-refractivity contribution < 1.29 is 8.42 Å². The molecular weight excluding hydrogens is 306 g/mol.